The number of nitrogens with zero attached hydrogens (tertiary/aromatic N) is 2. The molecular weight excluding hydrogens is 372 g/mol. The summed E-state index contributed by atoms with van der Waals surface area (Å²) in [4.78, 5) is 30.1. The van der Waals surface area contributed by atoms with Gasteiger partial charge in [0.05, 0.1) is 0 Å². The molecule has 0 N–H and O–H groups in total. The molecule has 0 fully saturated rings. The van der Waals surface area contributed by atoms with Crippen LogP contribution in [0.4, 0.5) is 0 Å². The molecule has 0 unspecified atom stereocenters. The lowest BCUT2D eigenvalue weighted by Gasteiger charge is -2.13. The van der Waals surface area contributed by atoms with Gasteiger partial charge in [-0.1, -0.05) is 24.3 Å². The highest BCUT2D eigenvalue weighted by molar-refractivity contribution is 6.12. The molecule has 2 aromatic carbocycles. The second-order valence-corrected chi connectivity index (χ2v) is 9.15. The molecule has 4 heteroatoms. The summed E-state index contributed by atoms with van der Waals surface area (Å²) in [5, 5.41) is 2.22. The molecule has 0 spiro atoms. The Balaban J connectivity index is 1.77. The third-order valence-corrected chi connectivity index (χ3v) is 6.14. The average molecular weight is 409 g/mol. The molecule has 0 saturated carbocycles. The summed E-state index contributed by atoms with van der Waals surface area (Å²) in [5.41, 5.74) is 4.15. The zero-order valence-corrected chi connectivity index (χ0v) is 19.1. The molecule has 0 atom stereocenters. The van der Waals surface area contributed by atoms with E-state index < -0.39 is 0 Å². The second-order valence-electron chi connectivity index (χ2n) is 9.15. The molecule has 162 valence electrons. The molecule has 0 amide bonds. The lowest BCUT2D eigenvalue weighted by Crippen LogP contribution is -2.13. The third kappa shape index (κ3) is 5.35. The van der Waals surface area contributed by atoms with Gasteiger partial charge in [-0.05, 0) is 102 Å². The van der Waals surface area contributed by atoms with Crippen LogP contribution < -0.4 is 0 Å². The Morgan fingerprint density at radius 1 is 0.733 bits per heavy atom. The van der Waals surface area contributed by atoms with Gasteiger partial charge in [0.2, 0.25) is 0 Å². The van der Waals surface area contributed by atoms with Gasteiger partial charge in [0, 0.05) is 24.0 Å². The fourth-order valence-electron chi connectivity index (χ4n) is 4.52. The average Bonchev–Trinajstić information content (AvgIpc) is 3.14. The molecular formula is C26H36N2O2. The predicted octanol–water partition coefficient (Wildman–Crippen LogP) is 4.77. The first-order chi connectivity index (χ1) is 14.4. The number of carbonyl (C=O) groups is 2. The van der Waals surface area contributed by atoms with E-state index in [9.17, 15) is 9.59 Å². The second kappa shape index (κ2) is 10.3. The largest absolute Gasteiger partial charge is 0.309 e. The van der Waals surface area contributed by atoms with Gasteiger partial charge in [-0.15, -0.1) is 0 Å². The molecule has 0 aromatic heterocycles. The van der Waals surface area contributed by atoms with Crippen molar-refractivity contribution in [1.29, 1.82) is 0 Å². The maximum absolute atomic E-state index is 12.9. The van der Waals surface area contributed by atoms with Crippen LogP contribution in [-0.2, 0) is 12.8 Å². The van der Waals surface area contributed by atoms with Gasteiger partial charge in [0.1, 0.15) is 0 Å². The first kappa shape index (κ1) is 22.6. The van der Waals surface area contributed by atoms with Crippen molar-refractivity contribution in [2.75, 3.05) is 41.3 Å². The van der Waals surface area contributed by atoms with Gasteiger partial charge in [0.25, 0.3) is 0 Å². The number of ketones is 2. The van der Waals surface area contributed by atoms with E-state index in [0.717, 1.165) is 68.1 Å². The Morgan fingerprint density at radius 3 is 1.90 bits per heavy atom. The Morgan fingerprint density at radius 2 is 1.30 bits per heavy atom. The number of unbranched alkanes of at least 4 members (excludes halogenated alkanes) is 2. The molecule has 3 rings (SSSR count). The van der Waals surface area contributed by atoms with E-state index in [1.807, 2.05) is 18.2 Å². The first-order valence-corrected chi connectivity index (χ1v) is 11.3. The lowest BCUT2D eigenvalue weighted by molar-refractivity contribution is 0.0971. The SMILES string of the molecule is CN(C)CCCCC(=O)c1ccc2c(C(=O)CCCCN(C)C)ccc3c2c1CC3. The zero-order chi connectivity index (χ0) is 21.7. The minimum absolute atomic E-state index is 0.223. The topological polar surface area (TPSA) is 40.6 Å². The van der Waals surface area contributed by atoms with Gasteiger partial charge >= 0.3 is 0 Å². The zero-order valence-electron chi connectivity index (χ0n) is 19.1. The Kier molecular flexibility index (Phi) is 7.79. The van der Waals surface area contributed by atoms with Gasteiger partial charge in [-0.3, -0.25) is 9.59 Å². The molecule has 0 radical (unpaired) electrons. The van der Waals surface area contributed by atoms with Gasteiger partial charge in [-0.25, -0.2) is 0 Å². The summed E-state index contributed by atoms with van der Waals surface area (Å²) < 4.78 is 0. The molecule has 4 nitrogen and oxygen atoms in total. The quantitative estimate of drug-likeness (QED) is 0.375. The summed E-state index contributed by atoms with van der Waals surface area (Å²) in [6.07, 6.45) is 6.98. The minimum atomic E-state index is 0.223. The summed E-state index contributed by atoms with van der Waals surface area (Å²) in [6.45, 7) is 2.03. The van der Waals surface area contributed by atoms with Gasteiger partial charge in [0.15, 0.2) is 11.6 Å². The van der Waals surface area contributed by atoms with E-state index in [0.29, 0.717) is 12.8 Å². The lowest BCUT2D eigenvalue weighted by atomic mass is 9.91. The van der Waals surface area contributed by atoms with Crippen molar-refractivity contribution in [3.8, 4) is 0 Å². The van der Waals surface area contributed by atoms with Crippen LogP contribution in [-0.4, -0.2) is 62.6 Å². The maximum Gasteiger partial charge on any atom is 0.163 e. The van der Waals surface area contributed by atoms with Gasteiger partial charge < -0.3 is 9.80 Å². The van der Waals surface area contributed by atoms with Crippen molar-refractivity contribution in [3.63, 3.8) is 0 Å². The fourth-order valence-corrected chi connectivity index (χ4v) is 4.52. The summed E-state index contributed by atoms with van der Waals surface area (Å²) in [7, 11) is 8.25. The third-order valence-electron chi connectivity index (χ3n) is 6.14. The molecule has 0 saturated heterocycles. The van der Waals surface area contributed by atoms with Crippen LogP contribution >= 0.6 is 0 Å². The normalized spacial score (nSPS) is 13.0. The monoisotopic (exact) mass is 408 g/mol. The van der Waals surface area contributed by atoms with Crippen molar-refractivity contribution in [3.05, 3.63) is 46.5 Å². The highest BCUT2D eigenvalue weighted by Crippen LogP contribution is 2.36. The van der Waals surface area contributed by atoms with Crippen molar-refractivity contribution in [1.82, 2.24) is 9.80 Å². The molecule has 0 aliphatic heterocycles. The minimum Gasteiger partial charge on any atom is -0.309 e. The van der Waals surface area contributed by atoms with Gasteiger partial charge in [-0.2, -0.15) is 0 Å². The molecule has 0 bridgehead atoms. The summed E-state index contributed by atoms with van der Waals surface area (Å²) in [5.74, 6) is 0.472. The number of Topliss-reactive ketones (excluding diaryl/α,β-unsaturated/α-hetero) is 2. The molecule has 1 aliphatic carbocycles. The predicted molar refractivity (Wildman–Crippen MR) is 125 cm³/mol. The maximum atomic E-state index is 12.9. The van der Waals surface area contributed by atoms with Crippen molar-refractivity contribution in [2.45, 2.75) is 51.4 Å². The first-order valence-electron chi connectivity index (χ1n) is 11.3. The molecule has 30 heavy (non-hydrogen) atoms. The summed E-state index contributed by atoms with van der Waals surface area (Å²) in [6, 6.07) is 8.11. The van der Waals surface area contributed by atoms with Crippen LogP contribution in [0, 0.1) is 0 Å². The number of carbonyl (C=O) groups excluding carboxylic acids is 2. The highest BCUT2D eigenvalue weighted by Gasteiger charge is 2.23. The van der Waals surface area contributed by atoms with Crippen molar-refractivity contribution < 1.29 is 9.59 Å². The molecule has 1 aliphatic rings. The van der Waals surface area contributed by atoms with Crippen LogP contribution in [0.1, 0.15) is 70.4 Å². The van der Waals surface area contributed by atoms with Crippen LogP contribution in [0.5, 0.6) is 0 Å². The summed E-state index contributed by atoms with van der Waals surface area (Å²) >= 11 is 0. The van der Waals surface area contributed by atoms with E-state index >= 15 is 0 Å². The fraction of sp³-hybridized carbons (Fsp3) is 0.538. The number of rotatable bonds is 12. The Labute approximate surface area is 181 Å². The van der Waals surface area contributed by atoms with Crippen LogP contribution in [0.15, 0.2) is 24.3 Å². The van der Waals surface area contributed by atoms with E-state index in [-0.39, 0.29) is 11.6 Å². The Bertz CT molecular complexity index is 915. The van der Waals surface area contributed by atoms with Crippen LogP contribution in [0.2, 0.25) is 0 Å². The van der Waals surface area contributed by atoms with E-state index in [2.05, 4.69) is 44.1 Å². The molecule has 2 aromatic rings. The standard InChI is InChI=1S/C26H36N2O2/c1-27(2)17-7-5-9-24(29)20-13-11-19-12-14-22-21(15-16-23(20)26(19)22)25(30)10-6-8-18-28(3)4/h11,13,15-16H,5-10,12,14,17-18H2,1-4H3. The number of aryl methyl sites for hydroxylation is 2. The number of hydrogen-bond donors (Lipinski definition) is 0. The molecule has 0 heterocycles. The smallest absolute Gasteiger partial charge is 0.163 e. The van der Waals surface area contributed by atoms with E-state index in [4.69, 9.17) is 0 Å². The number of hydrogen-bond acceptors (Lipinski definition) is 4. The van der Waals surface area contributed by atoms with Crippen LogP contribution in [0.3, 0.4) is 0 Å². The van der Waals surface area contributed by atoms with Crippen LogP contribution in [0.25, 0.3) is 10.8 Å². The van der Waals surface area contributed by atoms with Crippen molar-refractivity contribution in [2.24, 2.45) is 0 Å². The van der Waals surface area contributed by atoms with E-state index in [1.165, 1.54) is 16.5 Å². The Hall–Kier alpha value is -2.04. The van der Waals surface area contributed by atoms with E-state index in [1.54, 1.807) is 0 Å². The van der Waals surface area contributed by atoms with Crippen molar-refractivity contribution >= 4 is 22.3 Å². The highest BCUT2D eigenvalue weighted by atomic mass is 16.1. The number of benzene rings is 2.